The number of halogens is 2. The first-order chi connectivity index (χ1) is 11.1. The number of carbonyl (C=O) groups excluding carboxylic acids is 1. The summed E-state index contributed by atoms with van der Waals surface area (Å²) in [6.45, 7) is 0. The average molecular weight is 346 g/mol. The lowest BCUT2D eigenvalue weighted by atomic mass is 10.1. The first-order valence-corrected chi connectivity index (χ1v) is 7.71. The molecule has 0 aliphatic heterocycles. The number of hydrogen-bond donors (Lipinski definition) is 2. The van der Waals surface area contributed by atoms with Crippen LogP contribution in [0.15, 0.2) is 53.8 Å². The number of aromatic nitrogens is 1. The number of rotatable bonds is 4. The van der Waals surface area contributed by atoms with Crippen LogP contribution in [0.5, 0.6) is 0 Å². The van der Waals surface area contributed by atoms with Crippen molar-refractivity contribution in [3.8, 4) is 0 Å². The number of hydrazone groups is 1. The molecule has 6 heteroatoms. The molecule has 2 N–H and O–H groups in total. The van der Waals surface area contributed by atoms with Crippen LogP contribution in [0.25, 0.3) is 10.9 Å². The van der Waals surface area contributed by atoms with Crippen molar-refractivity contribution in [1.82, 2.24) is 10.4 Å². The van der Waals surface area contributed by atoms with Crippen molar-refractivity contribution < 1.29 is 4.79 Å². The van der Waals surface area contributed by atoms with Crippen LogP contribution in [0, 0.1) is 0 Å². The fourth-order valence-electron chi connectivity index (χ4n) is 2.27. The number of carbonyl (C=O) groups is 1. The predicted octanol–water partition coefficient (Wildman–Crippen LogP) is 4.17. The molecule has 1 amide bonds. The molecule has 3 rings (SSSR count). The Morgan fingerprint density at radius 1 is 1.22 bits per heavy atom. The number of H-pyrrole nitrogens is 1. The van der Waals surface area contributed by atoms with E-state index in [4.69, 9.17) is 23.2 Å². The smallest absolute Gasteiger partial charge is 0.244 e. The molecule has 0 bridgehead atoms. The second kappa shape index (κ2) is 6.86. The van der Waals surface area contributed by atoms with Crippen molar-refractivity contribution in [3.05, 3.63) is 69.8 Å². The highest BCUT2D eigenvalue weighted by Gasteiger charge is 2.07. The maximum absolute atomic E-state index is 12.0. The first-order valence-electron chi connectivity index (χ1n) is 6.95. The summed E-state index contributed by atoms with van der Waals surface area (Å²) in [5, 5.41) is 6.00. The zero-order valence-corrected chi connectivity index (χ0v) is 13.5. The van der Waals surface area contributed by atoms with Crippen molar-refractivity contribution in [1.29, 1.82) is 0 Å². The molecule has 0 radical (unpaired) electrons. The lowest BCUT2D eigenvalue weighted by Crippen LogP contribution is -2.19. The molecule has 0 saturated carbocycles. The molecule has 116 valence electrons. The Bertz CT molecular complexity index is 886. The maximum atomic E-state index is 12.0. The largest absolute Gasteiger partial charge is 0.361 e. The highest BCUT2D eigenvalue weighted by Crippen LogP contribution is 2.19. The number of nitrogens with zero attached hydrogens (tertiary/aromatic N) is 1. The Balaban J connectivity index is 1.64. The molecule has 1 heterocycles. The van der Waals surface area contributed by atoms with Gasteiger partial charge in [-0.25, -0.2) is 5.43 Å². The third kappa shape index (κ3) is 3.73. The molecular formula is C17H13Cl2N3O. The number of nitrogens with one attached hydrogen (secondary N) is 2. The molecule has 1 aromatic heterocycles. The summed E-state index contributed by atoms with van der Waals surface area (Å²) in [4.78, 5) is 15.1. The van der Waals surface area contributed by atoms with Gasteiger partial charge in [-0.05, 0) is 23.8 Å². The summed E-state index contributed by atoms with van der Waals surface area (Å²) in [6, 6.07) is 12.9. The van der Waals surface area contributed by atoms with E-state index in [2.05, 4.69) is 15.5 Å². The molecule has 3 aromatic rings. The van der Waals surface area contributed by atoms with Gasteiger partial charge in [0.05, 0.1) is 17.7 Å². The van der Waals surface area contributed by atoms with Crippen molar-refractivity contribution in [2.24, 2.45) is 5.10 Å². The molecule has 0 fully saturated rings. The van der Waals surface area contributed by atoms with Gasteiger partial charge in [0.1, 0.15) is 0 Å². The number of benzene rings is 2. The van der Waals surface area contributed by atoms with Crippen LogP contribution in [0.2, 0.25) is 10.0 Å². The minimum atomic E-state index is -0.198. The van der Waals surface area contributed by atoms with Crippen molar-refractivity contribution in [2.45, 2.75) is 6.42 Å². The fourth-order valence-corrected chi connectivity index (χ4v) is 2.73. The Kier molecular flexibility index (Phi) is 4.65. The van der Waals surface area contributed by atoms with Gasteiger partial charge >= 0.3 is 0 Å². The van der Waals surface area contributed by atoms with E-state index in [0.717, 1.165) is 16.5 Å². The zero-order chi connectivity index (χ0) is 16.2. The topological polar surface area (TPSA) is 57.2 Å². The van der Waals surface area contributed by atoms with Gasteiger partial charge in [-0.1, -0.05) is 47.5 Å². The minimum Gasteiger partial charge on any atom is -0.361 e. The number of hydrogen-bond acceptors (Lipinski definition) is 2. The summed E-state index contributed by atoms with van der Waals surface area (Å²) >= 11 is 11.9. The van der Waals surface area contributed by atoms with E-state index in [1.165, 1.54) is 6.21 Å². The highest BCUT2D eigenvalue weighted by molar-refractivity contribution is 6.36. The van der Waals surface area contributed by atoms with E-state index in [1.807, 2.05) is 30.5 Å². The standard InChI is InChI=1S/C17H13Cl2N3O/c18-13-6-5-11(15(19)8-13)10-21-22-17(23)7-12-9-20-16-4-2-1-3-14(12)16/h1-6,8-10,20H,7H2,(H,22,23). The third-order valence-corrected chi connectivity index (χ3v) is 3.94. The number of amides is 1. The second-order valence-corrected chi connectivity index (χ2v) is 5.84. The van der Waals surface area contributed by atoms with Crippen LogP contribution >= 0.6 is 23.2 Å². The van der Waals surface area contributed by atoms with Gasteiger partial charge in [-0.15, -0.1) is 0 Å². The van der Waals surface area contributed by atoms with Gasteiger partial charge in [0.2, 0.25) is 5.91 Å². The number of aromatic amines is 1. The fraction of sp³-hybridized carbons (Fsp3) is 0.0588. The normalized spacial score (nSPS) is 11.2. The molecule has 4 nitrogen and oxygen atoms in total. The van der Waals surface area contributed by atoms with Crippen LogP contribution < -0.4 is 5.43 Å². The van der Waals surface area contributed by atoms with E-state index in [0.29, 0.717) is 15.6 Å². The van der Waals surface area contributed by atoms with Gasteiger partial charge in [0.25, 0.3) is 0 Å². The lowest BCUT2D eigenvalue weighted by Gasteiger charge is -2.00. The minimum absolute atomic E-state index is 0.198. The van der Waals surface area contributed by atoms with E-state index in [1.54, 1.807) is 18.2 Å². The quantitative estimate of drug-likeness (QED) is 0.541. The van der Waals surface area contributed by atoms with Crippen LogP contribution in [0.1, 0.15) is 11.1 Å². The Hall–Kier alpha value is -2.30. The molecule has 0 atom stereocenters. The maximum Gasteiger partial charge on any atom is 0.244 e. The second-order valence-electron chi connectivity index (χ2n) is 5.00. The molecule has 0 spiro atoms. The molecular weight excluding hydrogens is 333 g/mol. The highest BCUT2D eigenvalue weighted by atomic mass is 35.5. The monoisotopic (exact) mass is 345 g/mol. The van der Waals surface area contributed by atoms with Gasteiger partial charge < -0.3 is 4.98 Å². The molecule has 0 saturated heterocycles. The van der Waals surface area contributed by atoms with Crippen LogP contribution in [-0.4, -0.2) is 17.1 Å². The van der Waals surface area contributed by atoms with Crippen LogP contribution in [0.3, 0.4) is 0 Å². The summed E-state index contributed by atoms with van der Waals surface area (Å²) in [5.74, 6) is -0.198. The number of para-hydroxylation sites is 1. The predicted molar refractivity (Wildman–Crippen MR) is 94.2 cm³/mol. The first kappa shape index (κ1) is 15.6. The van der Waals surface area contributed by atoms with E-state index >= 15 is 0 Å². The Labute approximate surface area is 143 Å². The molecule has 0 unspecified atom stereocenters. The van der Waals surface area contributed by atoms with E-state index < -0.39 is 0 Å². The van der Waals surface area contributed by atoms with E-state index in [-0.39, 0.29) is 12.3 Å². The van der Waals surface area contributed by atoms with Crippen LogP contribution in [-0.2, 0) is 11.2 Å². The van der Waals surface area contributed by atoms with Crippen molar-refractivity contribution in [3.63, 3.8) is 0 Å². The van der Waals surface area contributed by atoms with E-state index in [9.17, 15) is 4.79 Å². The molecule has 0 aliphatic rings. The average Bonchev–Trinajstić information content (AvgIpc) is 2.93. The van der Waals surface area contributed by atoms with Gasteiger partial charge in [-0.3, -0.25) is 4.79 Å². The van der Waals surface area contributed by atoms with Gasteiger partial charge in [0.15, 0.2) is 0 Å². The van der Waals surface area contributed by atoms with Crippen LogP contribution in [0.4, 0.5) is 0 Å². The Morgan fingerprint density at radius 3 is 2.87 bits per heavy atom. The molecule has 2 aromatic carbocycles. The Morgan fingerprint density at radius 2 is 2.04 bits per heavy atom. The number of fused-ring (bicyclic) bond motifs is 1. The summed E-state index contributed by atoms with van der Waals surface area (Å²) in [5.41, 5.74) is 5.12. The van der Waals surface area contributed by atoms with Gasteiger partial charge in [0, 0.05) is 27.7 Å². The molecule has 0 aliphatic carbocycles. The zero-order valence-electron chi connectivity index (χ0n) is 12.0. The van der Waals surface area contributed by atoms with Crippen molar-refractivity contribution >= 4 is 46.2 Å². The summed E-state index contributed by atoms with van der Waals surface area (Å²) in [6.07, 6.45) is 3.57. The van der Waals surface area contributed by atoms with Crippen molar-refractivity contribution in [2.75, 3.05) is 0 Å². The lowest BCUT2D eigenvalue weighted by molar-refractivity contribution is -0.120. The molecule has 23 heavy (non-hydrogen) atoms. The third-order valence-electron chi connectivity index (χ3n) is 3.38. The SMILES string of the molecule is O=C(Cc1c[nH]c2ccccc12)NN=Cc1ccc(Cl)cc1Cl. The summed E-state index contributed by atoms with van der Waals surface area (Å²) < 4.78 is 0. The summed E-state index contributed by atoms with van der Waals surface area (Å²) in [7, 11) is 0. The van der Waals surface area contributed by atoms with Gasteiger partial charge in [-0.2, -0.15) is 5.10 Å².